The molecule has 0 spiro atoms. The van der Waals surface area contributed by atoms with Gasteiger partial charge in [0.2, 0.25) is 0 Å². The van der Waals surface area contributed by atoms with Crippen LogP contribution in [0.3, 0.4) is 0 Å². The van der Waals surface area contributed by atoms with Gasteiger partial charge in [-0.2, -0.15) is 0 Å². The number of fused-ring (bicyclic) bond motifs is 4. The monoisotopic (exact) mass is 755 g/mol. The average molecular weight is 756 g/mol. The lowest BCUT2D eigenvalue weighted by molar-refractivity contribution is -0.144. The Labute approximate surface area is 330 Å². The topological polar surface area (TPSA) is 93.9 Å². The quantitative estimate of drug-likeness (QED) is 0.108. The minimum atomic E-state index is -0.214. The number of methoxy groups -OCH3 is 1. The van der Waals surface area contributed by atoms with E-state index in [-0.39, 0.29) is 5.97 Å². The minimum Gasteiger partial charge on any atom is -0.463 e. The Kier molecular flexibility index (Phi) is 14.6. The van der Waals surface area contributed by atoms with Crippen LogP contribution in [0.4, 0.5) is 0 Å². The summed E-state index contributed by atoms with van der Waals surface area (Å²) in [4.78, 5) is 24.3. The number of para-hydroxylation sites is 1. The van der Waals surface area contributed by atoms with Gasteiger partial charge in [0.25, 0.3) is 0 Å². The second kappa shape index (κ2) is 19.7. The van der Waals surface area contributed by atoms with Crippen LogP contribution in [0.1, 0.15) is 85.1 Å². The van der Waals surface area contributed by atoms with E-state index in [0.717, 1.165) is 22.1 Å². The first-order chi connectivity index (χ1) is 27.0. The maximum absolute atomic E-state index is 11.8. The van der Waals surface area contributed by atoms with Crippen LogP contribution >= 0.6 is 0 Å². The van der Waals surface area contributed by atoms with E-state index < -0.39 is 0 Å². The third kappa shape index (κ3) is 10.3. The van der Waals surface area contributed by atoms with Gasteiger partial charge in [-0.25, -0.2) is 4.98 Å². The molecule has 7 heterocycles. The number of carbonyl (C=O) groups is 1. The molecule has 0 aliphatic carbocycles. The lowest BCUT2D eigenvalue weighted by atomic mass is 10.1. The molecule has 0 fully saturated rings. The second-order valence-corrected chi connectivity index (χ2v) is 14.8. The Bertz CT molecular complexity index is 2240. The number of aromatic nitrogens is 7. The highest BCUT2D eigenvalue weighted by atomic mass is 16.6. The maximum atomic E-state index is 11.8. The fourth-order valence-corrected chi connectivity index (χ4v) is 6.59. The molecular weight excluding hydrogens is 699 g/mol. The molecule has 8 aromatic rings. The molecule has 1 aromatic carbocycles. The summed E-state index contributed by atoms with van der Waals surface area (Å²) < 4.78 is 18.8. The first-order valence-corrected chi connectivity index (χ1v) is 19.5. The van der Waals surface area contributed by atoms with E-state index in [1.807, 2.05) is 67.5 Å². The summed E-state index contributed by atoms with van der Waals surface area (Å²) in [7, 11) is 1.59. The number of nitrogens with zero attached hydrogens (tertiary/aromatic N) is 7. The van der Waals surface area contributed by atoms with Gasteiger partial charge in [0.15, 0.2) is 0 Å². The predicted molar refractivity (Wildman–Crippen MR) is 229 cm³/mol. The maximum Gasteiger partial charge on any atom is 0.310 e. The standard InChI is InChI=1S/C16H21NO3.3C10H12N2/c1-12(2)17-11-13(10-16(18)20-9-8-19-3)14-6-4-5-7-15(14)17;1-8(2)12-6-4-9-7-11-5-3-10(9)12;1-8(2)12-6-4-9-3-5-11-7-10(9)12;1-8(2)12-7-5-9-4-3-6-11-10(9)12/h4-7,11-12H,8-10H2,1-3H3;3*3-8H,1-2H3. The number of benzene rings is 1. The van der Waals surface area contributed by atoms with Crippen molar-refractivity contribution in [1.29, 1.82) is 0 Å². The molecule has 0 atom stereocenters. The van der Waals surface area contributed by atoms with E-state index in [9.17, 15) is 4.79 Å². The lowest BCUT2D eigenvalue weighted by Crippen LogP contribution is -2.11. The summed E-state index contributed by atoms with van der Waals surface area (Å²) in [5.74, 6) is -0.214. The molecule has 0 saturated carbocycles. The number of rotatable bonds is 9. The van der Waals surface area contributed by atoms with Crippen LogP contribution in [-0.4, -0.2) is 59.5 Å². The molecule has 10 nitrogen and oxygen atoms in total. The van der Waals surface area contributed by atoms with Crippen molar-refractivity contribution in [1.82, 2.24) is 33.2 Å². The zero-order valence-corrected chi connectivity index (χ0v) is 34.3. The van der Waals surface area contributed by atoms with Gasteiger partial charge in [-0.1, -0.05) is 18.2 Å². The van der Waals surface area contributed by atoms with Crippen molar-refractivity contribution in [2.75, 3.05) is 20.3 Å². The van der Waals surface area contributed by atoms with Crippen molar-refractivity contribution in [3.63, 3.8) is 0 Å². The molecule has 0 bridgehead atoms. The summed E-state index contributed by atoms with van der Waals surface area (Å²) in [6.45, 7) is 18.0. The van der Waals surface area contributed by atoms with Gasteiger partial charge in [0.05, 0.1) is 30.3 Å². The molecule has 0 N–H and O–H groups in total. The SMILES string of the molecule is CC(C)n1ccc2cccnc21.CC(C)n1ccc2ccncc21.CC(C)n1ccc2cnccc21.COCCOC(=O)Cc1cn(C(C)C)c2ccccc12. The smallest absolute Gasteiger partial charge is 0.310 e. The van der Waals surface area contributed by atoms with Gasteiger partial charge in [0, 0.05) is 108 Å². The van der Waals surface area contributed by atoms with Crippen molar-refractivity contribution in [3.05, 3.63) is 128 Å². The average Bonchev–Trinajstić information content (AvgIpc) is 4.00. The molecule has 8 rings (SSSR count). The van der Waals surface area contributed by atoms with Gasteiger partial charge < -0.3 is 27.7 Å². The summed E-state index contributed by atoms with van der Waals surface area (Å²) >= 11 is 0. The molecule has 0 aliphatic heterocycles. The van der Waals surface area contributed by atoms with Crippen molar-refractivity contribution in [2.45, 2.75) is 86.0 Å². The number of pyridine rings is 3. The molecule has 294 valence electrons. The van der Waals surface area contributed by atoms with Crippen molar-refractivity contribution in [2.24, 2.45) is 0 Å². The van der Waals surface area contributed by atoms with Gasteiger partial charge in [-0.15, -0.1) is 0 Å². The third-order valence-corrected chi connectivity index (χ3v) is 9.46. The van der Waals surface area contributed by atoms with Crippen LogP contribution in [-0.2, 0) is 20.7 Å². The lowest BCUT2D eigenvalue weighted by Gasteiger charge is -2.08. The molecule has 56 heavy (non-hydrogen) atoms. The largest absolute Gasteiger partial charge is 0.463 e. The number of ether oxygens (including phenoxy) is 2. The van der Waals surface area contributed by atoms with Crippen LogP contribution in [0.2, 0.25) is 0 Å². The van der Waals surface area contributed by atoms with Crippen LogP contribution in [0, 0.1) is 0 Å². The Hall–Kier alpha value is -5.74. The van der Waals surface area contributed by atoms with Crippen LogP contribution in [0.25, 0.3) is 43.7 Å². The van der Waals surface area contributed by atoms with Gasteiger partial charge in [-0.05, 0) is 109 Å². The zero-order chi connectivity index (χ0) is 40.2. The minimum absolute atomic E-state index is 0.214. The van der Waals surface area contributed by atoms with Crippen LogP contribution in [0.15, 0.2) is 123 Å². The third-order valence-electron chi connectivity index (χ3n) is 9.46. The fourth-order valence-electron chi connectivity index (χ4n) is 6.59. The first kappa shape index (κ1) is 41.4. The van der Waals surface area contributed by atoms with Gasteiger partial charge in [0.1, 0.15) is 12.3 Å². The summed E-state index contributed by atoms with van der Waals surface area (Å²) in [6, 6.07) is 24.5. The highest BCUT2D eigenvalue weighted by molar-refractivity contribution is 5.88. The van der Waals surface area contributed by atoms with E-state index in [4.69, 9.17) is 9.47 Å². The van der Waals surface area contributed by atoms with E-state index in [0.29, 0.717) is 43.8 Å². The number of hydrogen-bond donors (Lipinski definition) is 0. The Morgan fingerprint density at radius 3 is 1.93 bits per heavy atom. The van der Waals surface area contributed by atoms with Crippen molar-refractivity contribution >= 4 is 49.7 Å². The summed E-state index contributed by atoms with van der Waals surface area (Å²) in [6.07, 6.45) is 18.0. The number of carbonyl (C=O) groups excluding carboxylic acids is 1. The molecular formula is C46H57N7O3. The Morgan fingerprint density at radius 2 is 1.21 bits per heavy atom. The van der Waals surface area contributed by atoms with E-state index >= 15 is 0 Å². The fraction of sp³-hybridized carbons (Fsp3) is 0.348. The molecule has 0 radical (unpaired) electrons. The molecule has 0 amide bonds. The Morgan fingerprint density at radius 1 is 0.589 bits per heavy atom. The van der Waals surface area contributed by atoms with Crippen LogP contribution < -0.4 is 0 Å². The number of esters is 1. The second-order valence-electron chi connectivity index (χ2n) is 14.8. The number of hydrogen-bond acceptors (Lipinski definition) is 6. The zero-order valence-electron chi connectivity index (χ0n) is 34.3. The predicted octanol–water partition coefficient (Wildman–Crippen LogP) is 10.8. The molecule has 0 saturated heterocycles. The Balaban J connectivity index is 0.000000147. The molecule has 0 aliphatic rings. The van der Waals surface area contributed by atoms with E-state index in [2.05, 4.69) is 144 Å². The van der Waals surface area contributed by atoms with Crippen molar-refractivity contribution < 1.29 is 14.3 Å². The van der Waals surface area contributed by atoms with E-state index in [1.165, 1.54) is 27.2 Å². The summed E-state index contributed by atoms with van der Waals surface area (Å²) in [5, 5.41) is 4.81. The normalized spacial score (nSPS) is 11.2. The molecule has 10 heteroatoms. The summed E-state index contributed by atoms with van der Waals surface area (Å²) in [5.41, 5.74) is 5.72. The van der Waals surface area contributed by atoms with Crippen LogP contribution in [0.5, 0.6) is 0 Å². The molecule has 0 unspecified atom stereocenters. The van der Waals surface area contributed by atoms with Gasteiger partial charge in [-0.3, -0.25) is 14.8 Å². The molecule has 7 aromatic heterocycles. The highest BCUT2D eigenvalue weighted by Gasteiger charge is 2.14. The highest BCUT2D eigenvalue weighted by Crippen LogP contribution is 2.25. The van der Waals surface area contributed by atoms with Crippen molar-refractivity contribution in [3.8, 4) is 0 Å². The van der Waals surface area contributed by atoms with E-state index in [1.54, 1.807) is 7.11 Å². The van der Waals surface area contributed by atoms with Gasteiger partial charge >= 0.3 is 5.97 Å². The first-order valence-electron chi connectivity index (χ1n) is 19.5.